The number of fused-ring (bicyclic) bond motifs is 1. The molecule has 0 atom stereocenters. The van der Waals surface area contributed by atoms with E-state index in [-0.39, 0.29) is 27.5 Å². The second kappa shape index (κ2) is 9.21. The molecule has 0 bridgehead atoms. The first kappa shape index (κ1) is 22.2. The summed E-state index contributed by atoms with van der Waals surface area (Å²) < 4.78 is 21.4. The van der Waals surface area contributed by atoms with Gasteiger partial charge in [-0.3, -0.25) is 10.3 Å². The van der Waals surface area contributed by atoms with E-state index < -0.39 is 17.8 Å². The van der Waals surface area contributed by atoms with Crippen molar-refractivity contribution in [2.75, 3.05) is 19.0 Å². The number of aromatic carboxylic acids is 1. The summed E-state index contributed by atoms with van der Waals surface area (Å²) in [6.45, 7) is 2.22. The van der Waals surface area contributed by atoms with E-state index in [2.05, 4.69) is 20.6 Å². The zero-order chi connectivity index (χ0) is 23.5. The van der Waals surface area contributed by atoms with E-state index in [4.69, 9.17) is 4.74 Å². The van der Waals surface area contributed by atoms with Crippen LogP contribution in [0.3, 0.4) is 0 Å². The highest BCUT2D eigenvalue weighted by molar-refractivity contribution is 7.22. The molecule has 33 heavy (non-hydrogen) atoms. The smallest absolute Gasteiger partial charge is 0.339 e. The highest BCUT2D eigenvalue weighted by Crippen LogP contribution is 2.41. The fraction of sp³-hybridized carbons (Fsp3) is 0.130. The molecule has 4 aromatic rings. The molecule has 0 fully saturated rings. The van der Waals surface area contributed by atoms with Crippen LogP contribution >= 0.6 is 11.3 Å². The standard InChI is InChI=1S/C23H19FN4O4S/c1-3-25-22(31)28-23-27-19-18(24)14(12-7-8-13(21(29)30)17(10-12)32-2)11-15(20(19)33-23)16-6-4-5-9-26-16/h4-11H,3H2,1-2H3,(H,29,30)(H2,25,27,28,31). The Labute approximate surface area is 192 Å². The van der Waals surface area contributed by atoms with Crippen molar-refractivity contribution < 1.29 is 23.8 Å². The first-order valence-electron chi connectivity index (χ1n) is 9.94. The van der Waals surface area contributed by atoms with Gasteiger partial charge in [0.25, 0.3) is 0 Å². The lowest BCUT2D eigenvalue weighted by molar-refractivity contribution is 0.0693. The number of nitrogens with zero attached hydrogens (tertiary/aromatic N) is 2. The first-order valence-corrected chi connectivity index (χ1v) is 10.8. The Hall–Kier alpha value is -4.05. The summed E-state index contributed by atoms with van der Waals surface area (Å²) in [5.41, 5.74) is 1.89. The number of hydrogen-bond acceptors (Lipinski definition) is 6. The highest BCUT2D eigenvalue weighted by Gasteiger charge is 2.22. The Bertz CT molecular complexity index is 1360. The SMILES string of the molecule is CCNC(=O)Nc1nc2c(F)c(-c3ccc(C(=O)O)c(OC)c3)cc(-c3ccccn3)c2s1. The van der Waals surface area contributed by atoms with Gasteiger partial charge in [-0.25, -0.2) is 19.0 Å². The molecule has 0 unspecified atom stereocenters. The third kappa shape index (κ3) is 4.33. The van der Waals surface area contributed by atoms with Crippen LogP contribution in [0.15, 0.2) is 48.7 Å². The van der Waals surface area contributed by atoms with Crippen molar-refractivity contribution in [2.45, 2.75) is 6.92 Å². The predicted molar refractivity (Wildman–Crippen MR) is 124 cm³/mol. The number of halogens is 1. The topological polar surface area (TPSA) is 113 Å². The number of nitrogens with one attached hydrogen (secondary N) is 2. The molecule has 4 rings (SSSR count). The Morgan fingerprint density at radius 3 is 2.67 bits per heavy atom. The van der Waals surface area contributed by atoms with Crippen molar-refractivity contribution in [3.05, 3.63) is 60.0 Å². The zero-order valence-corrected chi connectivity index (χ0v) is 18.5. The molecular formula is C23H19FN4O4S. The lowest BCUT2D eigenvalue weighted by Gasteiger charge is -2.11. The number of methoxy groups -OCH3 is 1. The van der Waals surface area contributed by atoms with Crippen molar-refractivity contribution in [1.29, 1.82) is 0 Å². The molecule has 0 aliphatic carbocycles. The molecule has 8 nitrogen and oxygen atoms in total. The van der Waals surface area contributed by atoms with E-state index in [1.807, 2.05) is 6.07 Å². The van der Waals surface area contributed by atoms with Crippen LogP contribution in [-0.4, -0.2) is 40.7 Å². The average Bonchev–Trinajstić information content (AvgIpc) is 3.23. The number of urea groups is 1. The van der Waals surface area contributed by atoms with E-state index in [0.29, 0.717) is 28.1 Å². The molecule has 0 saturated heterocycles. The number of rotatable bonds is 6. The van der Waals surface area contributed by atoms with Crippen molar-refractivity contribution in [3.8, 4) is 28.1 Å². The van der Waals surface area contributed by atoms with Crippen LogP contribution in [-0.2, 0) is 0 Å². The molecule has 2 heterocycles. The van der Waals surface area contributed by atoms with Crippen LogP contribution in [0.5, 0.6) is 5.75 Å². The number of carbonyl (C=O) groups excluding carboxylic acids is 1. The maximum Gasteiger partial charge on any atom is 0.339 e. The van der Waals surface area contributed by atoms with E-state index in [1.54, 1.807) is 31.3 Å². The van der Waals surface area contributed by atoms with Gasteiger partial charge in [0.1, 0.15) is 16.8 Å². The third-order valence-corrected chi connectivity index (χ3v) is 5.85. The van der Waals surface area contributed by atoms with Crippen molar-refractivity contribution in [2.24, 2.45) is 0 Å². The van der Waals surface area contributed by atoms with Crippen LogP contribution in [0.2, 0.25) is 0 Å². The molecule has 3 N–H and O–H groups in total. The highest BCUT2D eigenvalue weighted by atomic mass is 32.1. The number of thiazole rings is 1. The molecule has 0 saturated carbocycles. The second-order valence-corrected chi connectivity index (χ2v) is 7.90. The van der Waals surface area contributed by atoms with Gasteiger partial charge in [-0.2, -0.15) is 0 Å². The second-order valence-electron chi connectivity index (χ2n) is 6.90. The normalized spacial score (nSPS) is 10.8. The summed E-state index contributed by atoms with van der Waals surface area (Å²) in [6, 6.07) is 10.9. The van der Waals surface area contributed by atoms with E-state index in [9.17, 15) is 14.7 Å². The minimum atomic E-state index is -1.15. The van der Waals surface area contributed by atoms with Gasteiger partial charge in [-0.15, -0.1) is 0 Å². The molecule has 10 heteroatoms. The van der Waals surface area contributed by atoms with Gasteiger partial charge in [0.2, 0.25) is 0 Å². The van der Waals surface area contributed by atoms with Gasteiger partial charge in [-0.1, -0.05) is 23.5 Å². The maximum atomic E-state index is 15.7. The summed E-state index contributed by atoms with van der Waals surface area (Å²) in [5.74, 6) is -1.64. The number of hydrogen-bond donors (Lipinski definition) is 3. The molecule has 0 radical (unpaired) electrons. The maximum absolute atomic E-state index is 15.7. The lowest BCUT2D eigenvalue weighted by atomic mass is 9.98. The van der Waals surface area contributed by atoms with Gasteiger partial charge >= 0.3 is 12.0 Å². The number of anilines is 1. The third-order valence-electron chi connectivity index (χ3n) is 4.85. The number of carboxylic acids is 1. The summed E-state index contributed by atoms with van der Waals surface area (Å²) in [7, 11) is 1.35. The molecule has 168 valence electrons. The molecular weight excluding hydrogens is 447 g/mol. The summed E-state index contributed by atoms with van der Waals surface area (Å²) in [5, 5.41) is 14.8. The number of carboxylic acid groups (broad SMARTS) is 1. The van der Waals surface area contributed by atoms with Crippen LogP contribution in [0.25, 0.3) is 32.6 Å². The largest absolute Gasteiger partial charge is 0.496 e. The monoisotopic (exact) mass is 466 g/mol. The predicted octanol–water partition coefficient (Wildman–Crippen LogP) is 5.01. The van der Waals surface area contributed by atoms with Gasteiger partial charge in [0, 0.05) is 23.9 Å². The molecule has 2 aromatic heterocycles. The van der Waals surface area contributed by atoms with Crippen LogP contribution < -0.4 is 15.4 Å². The molecule has 0 spiro atoms. The van der Waals surface area contributed by atoms with Crippen molar-refractivity contribution in [3.63, 3.8) is 0 Å². The minimum absolute atomic E-state index is 0.0326. The Morgan fingerprint density at radius 2 is 2.00 bits per heavy atom. The number of pyridine rings is 1. The molecule has 2 aromatic carbocycles. The molecule has 0 aliphatic rings. The average molecular weight is 466 g/mol. The van der Waals surface area contributed by atoms with E-state index >= 15 is 4.39 Å². The van der Waals surface area contributed by atoms with Crippen LogP contribution in [0.1, 0.15) is 17.3 Å². The fourth-order valence-corrected chi connectivity index (χ4v) is 4.34. The number of ether oxygens (including phenoxy) is 1. The number of benzene rings is 2. The van der Waals surface area contributed by atoms with E-state index in [0.717, 1.165) is 11.3 Å². The Morgan fingerprint density at radius 1 is 1.18 bits per heavy atom. The van der Waals surface area contributed by atoms with Crippen LogP contribution in [0.4, 0.5) is 14.3 Å². The lowest BCUT2D eigenvalue weighted by Crippen LogP contribution is -2.28. The summed E-state index contributed by atoms with van der Waals surface area (Å²) in [4.78, 5) is 32.1. The van der Waals surface area contributed by atoms with Gasteiger partial charge in [-0.05, 0) is 42.8 Å². The van der Waals surface area contributed by atoms with E-state index in [1.165, 1.54) is 25.3 Å². The number of carbonyl (C=O) groups is 2. The quantitative estimate of drug-likeness (QED) is 0.368. The Kier molecular flexibility index (Phi) is 6.18. The number of amides is 2. The molecule has 0 aliphatic heterocycles. The fourth-order valence-electron chi connectivity index (χ4n) is 3.37. The Balaban J connectivity index is 1.93. The van der Waals surface area contributed by atoms with Crippen molar-refractivity contribution >= 4 is 38.7 Å². The van der Waals surface area contributed by atoms with Crippen molar-refractivity contribution in [1.82, 2.24) is 15.3 Å². The van der Waals surface area contributed by atoms with Gasteiger partial charge in [0.15, 0.2) is 10.9 Å². The zero-order valence-electron chi connectivity index (χ0n) is 17.7. The number of aromatic nitrogens is 2. The minimum Gasteiger partial charge on any atom is -0.496 e. The first-order chi connectivity index (χ1) is 15.9. The summed E-state index contributed by atoms with van der Waals surface area (Å²) in [6.07, 6.45) is 1.63. The van der Waals surface area contributed by atoms with Gasteiger partial charge in [0.05, 0.1) is 17.5 Å². The summed E-state index contributed by atoms with van der Waals surface area (Å²) >= 11 is 1.14. The van der Waals surface area contributed by atoms with Gasteiger partial charge < -0.3 is 15.2 Å². The molecule has 2 amide bonds. The van der Waals surface area contributed by atoms with Crippen LogP contribution in [0, 0.1) is 5.82 Å².